The van der Waals surface area contributed by atoms with Gasteiger partial charge in [-0.15, -0.1) is 10.2 Å². The fourth-order valence-corrected chi connectivity index (χ4v) is 1.54. The molecule has 1 heterocycles. The molecular formula is C12H14N4O2. The summed E-state index contributed by atoms with van der Waals surface area (Å²) in [6.45, 7) is 1.90. The molecule has 0 aliphatic rings. The maximum atomic E-state index is 5.25. The van der Waals surface area contributed by atoms with Gasteiger partial charge in [0.05, 0.1) is 19.9 Å². The molecule has 94 valence electrons. The van der Waals surface area contributed by atoms with Crippen LogP contribution in [0.2, 0.25) is 0 Å². The highest BCUT2D eigenvalue weighted by atomic mass is 16.5. The predicted octanol–water partition coefficient (Wildman–Crippen LogP) is 1.57. The van der Waals surface area contributed by atoms with Crippen LogP contribution in [0.4, 0.5) is 0 Å². The Morgan fingerprint density at radius 2 is 1.78 bits per heavy atom. The molecule has 0 saturated carbocycles. The summed E-state index contributed by atoms with van der Waals surface area (Å²) in [5, 5.41) is 11.7. The van der Waals surface area contributed by atoms with Crippen molar-refractivity contribution in [3.8, 4) is 11.5 Å². The number of rotatable bonds is 4. The molecule has 0 N–H and O–H groups in total. The topological polar surface area (TPSA) is 61.5 Å². The first-order valence-electron chi connectivity index (χ1n) is 5.37. The molecule has 0 amide bonds. The van der Waals surface area contributed by atoms with Gasteiger partial charge in [0, 0.05) is 5.56 Å². The molecule has 2 aromatic rings. The Labute approximate surface area is 105 Å². The molecule has 0 aliphatic carbocycles. The Balaban J connectivity index is 2.34. The fourth-order valence-electron chi connectivity index (χ4n) is 1.54. The van der Waals surface area contributed by atoms with Gasteiger partial charge in [0.15, 0.2) is 11.5 Å². The van der Waals surface area contributed by atoms with Crippen molar-refractivity contribution in [2.24, 2.45) is 5.10 Å². The minimum absolute atomic E-state index is 0.674. The van der Waals surface area contributed by atoms with Gasteiger partial charge in [-0.2, -0.15) is 5.10 Å². The van der Waals surface area contributed by atoms with E-state index in [0.717, 1.165) is 11.3 Å². The van der Waals surface area contributed by atoms with E-state index >= 15 is 0 Å². The zero-order valence-electron chi connectivity index (χ0n) is 10.5. The van der Waals surface area contributed by atoms with Crippen LogP contribution in [0, 0.1) is 0 Å². The highest BCUT2D eigenvalue weighted by Crippen LogP contribution is 2.27. The van der Waals surface area contributed by atoms with Crippen molar-refractivity contribution in [1.82, 2.24) is 14.9 Å². The summed E-state index contributed by atoms with van der Waals surface area (Å²) in [6, 6.07) is 5.64. The van der Waals surface area contributed by atoms with E-state index in [1.54, 1.807) is 18.9 Å². The van der Waals surface area contributed by atoms with Crippen molar-refractivity contribution >= 4 is 5.71 Å². The van der Waals surface area contributed by atoms with Gasteiger partial charge >= 0.3 is 0 Å². The maximum Gasteiger partial charge on any atom is 0.161 e. The van der Waals surface area contributed by atoms with Gasteiger partial charge in [0.25, 0.3) is 0 Å². The molecule has 1 aromatic heterocycles. The lowest BCUT2D eigenvalue weighted by atomic mass is 10.1. The van der Waals surface area contributed by atoms with Gasteiger partial charge in [-0.05, 0) is 25.1 Å². The Morgan fingerprint density at radius 1 is 1.11 bits per heavy atom. The smallest absolute Gasteiger partial charge is 0.161 e. The quantitative estimate of drug-likeness (QED) is 0.768. The number of ether oxygens (including phenoxy) is 2. The van der Waals surface area contributed by atoms with Crippen LogP contribution in [-0.4, -0.2) is 34.8 Å². The zero-order chi connectivity index (χ0) is 13.0. The minimum Gasteiger partial charge on any atom is -0.493 e. The first-order chi connectivity index (χ1) is 8.74. The van der Waals surface area contributed by atoms with Gasteiger partial charge in [0.1, 0.15) is 12.7 Å². The molecule has 0 spiro atoms. The summed E-state index contributed by atoms with van der Waals surface area (Å²) < 4.78 is 12.0. The first kappa shape index (κ1) is 12.1. The summed E-state index contributed by atoms with van der Waals surface area (Å²) in [4.78, 5) is 0. The van der Waals surface area contributed by atoms with Crippen LogP contribution in [-0.2, 0) is 0 Å². The minimum atomic E-state index is 0.674. The Hall–Kier alpha value is -2.37. The summed E-state index contributed by atoms with van der Waals surface area (Å²) >= 11 is 0. The van der Waals surface area contributed by atoms with Crippen LogP contribution in [0.15, 0.2) is 36.0 Å². The van der Waals surface area contributed by atoms with Crippen molar-refractivity contribution < 1.29 is 9.47 Å². The second kappa shape index (κ2) is 5.31. The molecule has 0 atom stereocenters. The fraction of sp³-hybridized carbons (Fsp3) is 0.250. The maximum absolute atomic E-state index is 5.25. The molecule has 0 fully saturated rings. The van der Waals surface area contributed by atoms with Gasteiger partial charge in [-0.3, -0.25) is 0 Å². The Bertz CT molecular complexity index is 549. The highest BCUT2D eigenvalue weighted by Gasteiger charge is 2.06. The van der Waals surface area contributed by atoms with Crippen LogP contribution in [0.3, 0.4) is 0 Å². The van der Waals surface area contributed by atoms with E-state index in [-0.39, 0.29) is 0 Å². The lowest BCUT2D eigenvalue weighted by molar-refractivity contribution is 0.355. The third kappa shape index (κ3) is 2.48. The average molecular weight is 246 g/mol. The number of hydrogen-bond donors (Lipinski definition) is 0. The molecular weight excluding hydrogens is 232 g/mol. The van der Waals surface area contributed by atoms with Crippen molar-refractivity contribution in [3.63, 3.8) is 0 Å². The van der Waals surface area contributed by atoms with E-state index in [9.17, 15) is 0 Å². The number of aromatic nitrogens is 3. The lowest BCUT2D eigenvalue weighted by Crippen LogP contribution is -2.00. The summed E-state index contributed by atoms with van der Waals surface area (Å²) in [6.07, 6.45) is 3.06. The van der Waals surface area contributed by atoms with Gasteiger partial charge in [-0.25, -0.2) is 4.68 Å². The first-order valence-corrected chi connectivity index (χ1v) is 5.37. The summed E-state index contributed by atoms with van der Waals surface area (Å²) in [5.74, 6) is 1.37. The van der Waals surface area contributed by atoms with E-state index in [0.29, 0.717) is 11.5 Å². The van der Waals surface area contributed by atoms with E-state index in [4.69, 9.17) is 9.47 Å². The van der Waals surface area contributed by atoms with E-state index in [1.807, 2.05) is 25.1 Å². The number of nitrogens with zero attached hydrogens (tertiary/aromatic N) is 4. The SMILES string of the molecule is COc1ccc(/C(C)=N\n2cnnc2)cc1OC. The van der Waals surface area contributed by atoms with Crippen LogP contribution < -0.4 is 9.47 Å². The second-order valence-corrected chi connectivity index (χ2v) is 3.60. The summed E-state index contributed by atoms with van der Waals surface area (Å²) in [5.41, 5.74) is 1.78. The van der Waals surface area contributed by atoms with E-state index < -0.39 is 0 Å². The summed E-state index contributed by atoms with van der Waals surface area (Å²) in [7, 11) is 3.21. The highest BCUT2D eigenvalue weighted by molar-refractivity contribution is 5.99. The van der Waals surface area contributed by atoms with Crippen LogP contribution >= 0.6 is 0 Å². The number of hydrogen-bond acceptors (Lipinski definition) is 5. The average Bonchev–Trinajstić information content (AvgIpc) is 2.90. The second-order valence-electron chi connectivity index (χ2n) is 3.60. The van der Waals surface area contributed by atoms with Crippen LogP contribution in [0.5, 0.6) is 11.5 Å². The molecule has 0 aliphatic heterocycles. The molecule has 2 rings (SSSR count). The molecule has 0 unspecified atom stereocenters. The molecule has 6 nitrogen and oxygen atoms in total. The molecule has 6 heteroatoms. The normalized spacial score (nSPS) is 11.4. The third-order valence-electron chi connectivity index (χ3n) is 2.47. The molecule has 1 aromatic carbocycles. The van der Waals surface area contributed by atoms with Gasteiger partial charge in [-0.1, -0.05) is 0 Å². The lowest BCUT2D eigenvalue weighted by Gasteiger charge is -2.09. The molecule has 0 radical (unpaired) electrons. The van der Waals surface area contributed by atoms with Crippen LogP contribution in [0.1, 0.15) is 12.5 Å². The number of methoxy groups -OCH3 is 2. The van der Waals surface area contributed by atoms with Gasteiger partial charge in [0.2, 0.25) is 0 Å². The monoisotopic (exact) mass is 246 g/mol. The predicted molar refractivity (Wildman–Crippen MR) is 67.2 cm³/mol. The van der Waals surface area contributed by atoms with Crippen molar-refractivity contribution in [1.29, 1.82) is 0 Å². The Kier molecular flexibility index (Phi) is 3.57. The molecule has 0 saturated heterocycles. The Morgan fingerprint density at radius 3 is 2.39 bits per heavy atom. The molecule has 18 heavy (non-hydrogen) atoms. The number of benzene rings is 1. The third-order valence-corrected chi connectivity index (χ3v) is 2.47. The van der Waals surface area contributed by atoms with E-state index in [1.165, 1.54) is 12.7 Å². The van der Waals surface area contributed by atoms with Crippen LogP contribution in [0.25, 0.3) is 0 Å². The van der Waals surface area contributed by atoms with Crippen molar-refractivity contribution in [3.05, 3.63) is 36.4 Å². The zero-order valence-corrected chi connectivity index (χ0v) is 10.5. The van der Waals surface area contributed by atoms with E-state index in [2.05, 4.69) is 15.3 Å². The standard InChI is InChI=1S/C12H14N4O2/c1-9(15-16-7-13-14-8-16)10-4-5-11(17-2)12(6-10)18-3/h4-8H,1-3H3/b15-9-. The van der Waals surface area contributed by atoms with Gasteiger partial charge < -0.3 is 9.47 Å². The van der Waals surface area contributed by atoms with Crippen molar-refractivity contribution in [2.75, 3.05) is 14.2 Å². The largest absolute Gasteiger partial charge is 0.493 e. The van der Waals surface area contributed by atoms with Crippen molar-refractivity contribution in [2.45, 2.75) is 6.92 Å². The molecule has 0 bridgehead atoms.